The summed E-state index contributed by atoms with van der Waals surface area (Å²) in [4.78, 5) is 0. The molecule has 0 aromatic heterocycles. The van der Waals surface area contributed by atoms with Crippen LogP contribution >= 0.6 is 0 Å². The largest absolute Gasteiger partial charge is 0.534 e. The molecule has 0 aromatic rings. The molecule has 0 spiro atoms. The molecule has 4 nitrogen and oxygen atoms in total. The smallest absolute Gasteiger partial charge is 0.381 e. The molecule has 2 rings (SSSR count). The lowest BCUT2D eigenvalue weighted by atomic mass is 9.91. The lowest BCUT2D eigenvalue weighted by Gasteiger charge is -2.34. The van der Waals surface area contributed by atoms with Crippen LogP contribution in [0.3, 0.4) is 0 Å². The number of halogens is 3. The van der Waals surface area contributed by atoms with E-state index in [-0.39, 0.29) is 24.3 Å². The molecule has 2 aliphatic heterocycles. The molecule has 0 aliphatic carbocycles. The molecule has 1 N–H and O–H groups in total. The molecule has 98 valence electrons. The summed E-state index contributed by atoms with van der Waals surface area (Å²) in [6, 6.07) is -0.0712. The molecule has 0 saturated carbocycles. The van der Waals surface area contributed by atoms with Gasteiger partial charge in [-0.1, -0.05) is 6.42 Å². The zero-order valence-electron chi connectivity index (χ0n) is 8.83. The van der Waals surface area contributed by atoms with Gasteiger partial charge in [-0.15, -0.1) is 0 Å². The molecule has 1 saturated heterocycles. The van der Waals surface area contributed by atoms with Gasteiger partial charge in [-0.3, -0.25) is 0 Å². The predicted molar refractivity (Wildman–Crippen MR) is 53.3 cm³/mol. The van der Waals surface area contributed by atoms with E-state index in [0.717, 1.165) is 19.3 Å². The molecule has 2 atom stereocenters. The van der Waals surface area contributed by atoms with E-state index in [4.69, 9.17) is 0 Å². The third-order valence-electron chi connectivity index (χ3n) is 2.85. The zero-order chi connectivity index (χ0) is 12.7. The number of hydrogen-bond acceptors (Lipinski definition) is 4. The van der Waals surface area contributed by atoms with E-state index in [1.165, 1.54) is 6.08 Å². The fourth-order valence-electron chi connectivity index (χ4n) is 2.13. The van der Waals surface area contributed by atoms with Gasteiger partial charge < -0.3 is 9.50 Å². The molecule has 8 heteroatoms. The van der Waals surface area contributed by atoms with E-state index in [1.54, 1.807) is 0 Å². The first kappa shape index (κ1) is 12.7. The number of rotatable bonds is 2. The maximum absolute atomic E-state index is 12.1. The first-order valence-electron chi connectivity index (χ1n) is 5.25. The summed E-state index contributed by atoms with van der Waals surface area (Å²) in [7, 11) is -5.52. The topological polar surface area (TPSA) is 55.4 Å². The molecule has 1 fully saturated rings. The Morgan fingerprint density at radius 1 is 1.35 bits per heavy atom. The quantitative estimate of drug-likeness (QED) is 0.613. The van der Waals surface area contributed by atoms with E-state index in [2.05, 4.69) is 9.50 Å². The molecule has 0 amide bonds. The summed E-state index contributed by atoms with van der Waals surface area (Å²) in [5.41, 5.74) is -5.37. The molecule has 2 unspecified atom stereocenters. The van der Waals surface area contributed by atoms with Crippen LogP contribution in [-0.2, 0) is 14.3 Å². The third-order valence-corrected chi connectivity index (χ3v) is 3.85. The Balaban J connectivity index is 2.12. The van der Waals surface area contributed by atoms with E-state index >= 15 is 0 Å². The van der Waals surface area contributed by atoms with Crippen LogP contribution in [0.2, 0.25) is 0 Å². The minimum atomic E-state index is -5.52. The van der Waals surface area contributed by atoms with Crippen molar-refractivity contribution >= 4 is 10.1 Å². The van der Waals surface area contributed by atoms with Gasteiger partial charge in [0.1, 0.15) is 5.76 Å². The van der Waals surface area contributed by atoms with Gasteiger partial charge in [-0.2, -0.15) is 21.6 Å². The standard InChI is InChI=1S/C9H12F3NO3S/c10-9(11,12)17(14,15)16-8-4-6-2-1-3-7(5-8)13-6/h4,6-7,13H,1-3,5H2. The van der Waals surface area contributed by atoms with Crippen LogP contribution in [0.15, 0.2) is 11.8 Å². The minimum Gasteiger partial charge on any atom is -0.381 e. The van der Waals surface area contributed by atoms with Crippen LogP contribution in [0.25, 0.3) is 0 Å². The Labute approximate surface area is 97.0 Å². The number of hydrogen-bond donors (Lipinski definition) is 1. The van der Waals surface area contributed by atoms with Crippen LogP contribution in [0.1, 0.15) is 25.7 Å². The van der Waals surface area contributed by atoms with Crippen LogP contribution in [0, 0.1) is 0 Å². The number of fused-ring (bicyclic) bond motifs is 2. The average molecular weight is 271 g/mol. The second-order valence-corrected chi connectivity index (χ2v) is 5.76. The summed E-state index contributed by atoms with van der Waals surface area (Å²) in [6.07, 6.45) is 4.21. The van der Waals surface area contributed by atoms with Crippen LogP contribution in [0.4, 0.5) is 13.2 Å². The molecular weight excluding hydrogens is 259 g/mol. The molecule has 2 aliphatic rings. The first-order valence-corrected chi connectivity index (χ1v) is 6.66. The third kappa shape index (κ3) is 2.74. The second kappa shape index (κ2) is 4.16. The zero-order valence-corrected chi connectivity index (χ0v) is 9.64. The summed E-state index contributed by atoms with van der Waals surface area (Å²) in [5, 5.41) is 3.17. The van der Waals surface area contributed by atoms with Gasteiger partial charge in [0.2, 0.25) is 0 Å². The van der Waals surface area contributed by atoms with Gasteiger partial charge >= 0.3 is 15.6 Å². The molecule has 17 heavy (non-hydrogen) atoms. The van der Waals surface area contributed by atoms with Gasteiger partial charge in [-0.05, 0) is 18.9 Å². The summed E-state index contributed by atoms with van der Waals surface area (Å²) in [6.45, 7) is 0. The average Bonchev–Trinajstić information content (AvgIpc) is 2.14. The molecule has 0 radical (unpaired) electrons. The van der Waals surface area contributed by atoms with Crippen molar-refractivity contribution in [1.82, 2.24) is 5.32 Å². The van der Waals surface area contributed by atoms with Crippen LogP contribution < -0.4 is 5.32 Å². The van der Waals surface area contributed by atoms with Gasteiger partial charge in [0.15, 0.2) is 0 Å². The van der Waals surface area contributed by atoms with Crippen molar-refractivity contribution in [3.05, 3.63) is 11.8 Å². The Kier molecular flexibility index (Phi) is 3.11. The number of alkyl halides is 3. The number of piperidine rings is 1. The molecular formula is C9H12F3NO3S. The fraction of sp³-hybridized carbons (Fsp3) is 0.778. The summed E-state index contributed by atoms with van der Waals surface area (Å²) >= 11 is 0. The Hall–Kier alpha value is -0.760. The molecule has 2 heterocycles. The maximum Gasteiger partial charge on any atom is 0.534 e. The minimum absolute atomic E-state index is 0.0113. The highest BCUT2D eigenvalue weighted by molar-refractivity contribution is 7.87. The van der Waals surface area contributed by atoms with Crippen molar-refractivity contribution in [1.29, 1.82) is 0 Å². The summed E-state index contributed by atoms with van der Waals surface area (Å²) < 4.78 is 62.2. The maximum atomic E-state index is 12.1. The van der Waals surface area contributed by atoms with E-state index in [9.17, 15) is 21.6 Å². The van der Waals surface area contributed by atoms with Gasteiger partial charge in [0.05, 0.1) is 0 Å². The highest BCUT2D eigenvalue weighted by Crippen LogP contribution is 2.31. The SMILES string of the molecule is O=S(=O)(OC1=CC2CCCC(C1)N2)C(F)(F)F. The van der Waals surface area contributed by atoms with E-state index in [1.807, 2.05) is 0 Å². The molecule has 0 aromatic carbocycles. The monoisotopic (exact) mass is 271 g/mol. The van der Waals surface area contributed by atoms with Crippen LogP contribution in [0.5, 0.6) is 0 Å². The Morgan fingerprint density at radius 2 is 2.06 bits per heavy atom. The van der Waals surface area contributed by atoms with Crippen molar-refractivity contribution in [3.63, 3.8) is 0 Å². The first-order chi connectivity index (χ1) is 7.78. The molecule has 2 bridgehead atoms. The van der Waals surface area contributed by atoms with Crippen molar-refractivity contribution in [3.8, 4) is 0 Å². The van der Waals surface area contributed by atoms with Gasteiger partial charge in [-0.25, -0.2) is 0 Å². The lowest BCUT2D eigenvalue weighted by molar-refractivity contribution is -0.0525. The fourth-order valence-corrected chi connectivity index (χ4v) is 2.63. The van der Waals surface area contributed by atoms with E-state index < -0.39 is 15.6 Å². The highest BCUT2D eigenvalue weighted by Gasteiger charge is 2.49. The Bertz CT molecular complexity index is 429. The van der Waals surface area contributed by atoms with Crippen molar-refractivity contribution in [2.75, 3.05) is 0 Å². The van der Waals surface area contributed by atoms with Gasteiger partial charge in [0.25, 0.3) is 0 Å². The van der Waals surface area contributed by atoms with Crippen molar-refractivity contribution in [2.45, 2.75) is 43.3 Å². The summed E-state index contributed by atoms with van der Waals surface area (Å²) in [5.74, 6) is -0.101. The van der Waals surface area contributed by atoms with Crippen molar-refractivity contribution < 1.29 is 25.8 Å². The predicted octanol–water partition coefficient (Wildman–Crippen LogP) is 1.65. The lowest BCUT2D eigenvalue weighted by Crippen LogP contribution is -2.45. The number of nitrogens with one attached hydrogen (secondary N) is 1. The normalized spacial score (nSPS) is 29.7. The van der Waals surface area contributed by atoms with E-state index in [0.29, 0.717) is 0 Å². The van der Waals surface area contributed by atoms with Crippen molar-refractivity contribution in [2.24, 2.45) is 0 Å². The van der Waals surface area contributed by atoms with Crippen LogP contribution in [-0.4, -0.2) is 26.0 Å². The highest BCUT2D eigenvalue weighted by atomic mass is 32.2. The van der Waals surface area contributed by atoms with Gasteiger partial charge in [0, 0.05) is 18.5 Å². The second-order valence-electron chi connectivity index (χ2n) is 4.22. The Morgan fingerprint density at radius 3 is 2.65 bits per heavy atom.